The molecular formula is C38H16Cl2N4O2. The lowest BCUT2D eigenvalue weighted by Crippen LogP contribution is -2.34. The van der Waals surface area contributed by atoms with Gasteiger partial charge in [-0.3, -0.25) is 19.4 Å². The normalized spacial score (nSPS) is 13.8. The number of benzene rings is 8. The van der Waals surface area contributed by atoms with E-state index in [0.717, 1.165) is 64.9 Å². The van der Waals surface area contributed by atoms with Crippen LogP contribution in [0.2, 0.25) is 10.0 Å². The standard InChI is InChI=1S/C38H16Cl2N4O2/c39-25-13-23-29-21(35(41)43-37(23)45)7-5-19-20-6-8-22-30-24(14-26(40)34(32(20)30)33(25)31(19)29)38(46)44-28-12-18-10-16-4-2-1-3-15(16)9-17(18)11-27(28)42-36(22)44/h1-14H,(H2,41,43,45). The van der Waals surface area contributed by atoms with E-state index in [0.29, 0.717) is 48.4 Å². The Bertz CT molecular complexity index is 3200. The first-order chi connectivity index (χ1) is 22.4. The highest BCUT2D eigenvalue weighted by molar-refractivity contribution is 6.51. The maximum absolute atomic E-state index is 14.5. The van der Waals surface area contributed by atoms with Gasteiger partial charge in [-0.25, -0.2) is 4.98 Å². The van der Waals surface area contributed by atoms with Gasteiger partial charge < -0.3 is 5.32 Å². The molecule has 46 heavy (non-hydrogen) atoms. The number of halogens is 2. The van der Waals surface area contributed by atoms with E-state index >= 15 is 0 Å². The molecule has 11 rings (SSSR count). The third-order valence-corrected chi connectivity index (χ3v) is 10.5. The Kier molecular flexibility index (Phi) is 4.29. The Morgan fingerprint density at radius 2 is 1.26 bits per heavy atom. The number of carbonyl (C=O) groups is 1. The highest BCUT2D eigenvalue weighted by Gasteiger charge is 2.29. The number of nitrogens with one attached hydrogen (secondary N) is 2. The molecule has 10 aromatic rings. The molecule has 0 spiro atoms. The van der Waals surface area contributed by atoms with Crippen molar-refractivity contribution < 1.29 is 4.79 Å². The quantitative estimate of drug-likeness (QED) is 0.129. The van der Waals surface area contributed by atoms with Crippen molar-refractivity contribution in [2.75, 3.05) is 0 Å². The lowest BCUT2D eigenvalue weighted by atomic mass is 9.84. The summed E-state index contributed by atoms with van der Waals surface area (Å²) in [7, 11) is 0. The maximum atomic E-state index is 14.5. The van der Waals surface area contributed by atoms with Gasteiger partial charge in [0.25, 0.3) is 11.5 Å². The SMILES string of the molecule is N=C1NC(=O)c2cc(Cl)c3c4c(Cl)cc5c(=O)n6c7cc8cc9ccccc9cc8cc7nc6c6ccc(c7ccc1c2c73)c4c56. The smallest absolute Gasteiger partial charge is 0.264 e. The highest BCUT2D eigenvalue weighted by atomic mass is 35.5. The van der Waals surface area contributed by atoms with Crippen LogP contribution in [0.3, 0.4) is 0 Å². The van der Waals surface area contributed by atoms with Gasteiger partial charge in [-0.15, -0.1) is 0 Å². The molecule has 0 radical (unpaired) electrons. The predicted molar refractivity (Wildman–Crippen MR) is 188 cm³/mol. The number of rotatable bonds is 0. The fourth-order valence-corrected chi connectivity index (χ4v) is 8.61. The van der Waals surface area contributed by atoms with Crippen molar-refractivity contribution in [2.24, 2.45) is 0 Å². The Labute approximate surface area is 267 Å². The summed E-state index contributed by atoms with van der Waals surface area (Å²) in [6, 6.07) is 27.9. The molecule has 214 valence electrons. The van der Waals surface area contributed by atoms with E-state index in [1.54, 1.807) is 16.5 Å². The molecule has 0 saturated heterocycles. The summed E-state index contributed by atoms with van der Waals surface area (Å²) in [5, 5.41) is 23.8. The number of amidine groups is 1. The molecule has 0 aliphatic carbocycles. The van der Waals surface area contributed by atoms with Crippen LogP contribution >= 0.6 is 23.2 Å². The van der Waals surface area contributed by atoms with Crippen molar-refractivity contribution in [3.05, 3.63) is 116 Å². The second-order valence-corrected chi connectivity index (χ2v) is 13.0. The maximum Gasteiger partial charge on any atom is 0.264 e. The Hall–Kier alpha value is -5.56. The van der Waals surface area contributed by atoms with E-state index in [9.17, 15) is 9.59 Å². The number of hydrogen-bond donors (Lipinski definition) is 2. The van der Waals surface area contributed by atoms with Crippen molar-refractivity contribution in [1.82, 2.24) is 14.7 Å². The molecule has 1 aliphatic heterocycles. The second-order valence-electron chi connectivity index (χ2n) is 12.2. The van der Waals surface area contributed by atoms with Crippen molar-refractivity contribution in [3.63, 3.8) is 0 Å². The first-order valence-corrected chi connectivity index (χ1v) is 15.5. The Morgan fingerprint density at radius 1 is 0.609 bits per heavy atom. The zero-order chi connectivity index (χ0) is 30.7. The number of aromatic nitrogens is 2. The number of imidazole rings is 1. The summed E-state index contributed by atoms with van der Waals surface area (Å²) in [4.78, 5) is 32.5. The first-order valence-electron chi connectivity index (χ1n) is 14.8. The second kappa shape index (κ2) is 7.98. The van der Waals surface area contributed by atoms with Crippen LogP contribution in [0, 0.1) is 5.41 Å². The molecule has 1 amide bonds. The van der Waals surface area contributed by atoms with Crippen LogP contribution in [-0.4, -0.2) is 21.1 Å². The molecule has 2 N–H and O–H groups in total. The minimum atomic E-state index is -0.365. The molecule has 0 bridgehead atoms. The Morgan fingerprint density at radius 3 is 2.02 bits per heavy atom. The summed E-state index contributed by atoms with van der Waals surface area (Å²) >= 11 is 14.1. The summed E-state index contributed by atoms with van der Waals surface area (Å²) in [5.41, 5.74) is 2.92. The van der Waals surface area contributed by atoms with Crippen molar-refractivity contribution in [1.29, 1.82) is 5.41 Å². The molecular weight excluding hydrogens is 615 g/mol. The molecule has 8 heteroatoms. The van der Waals surface area contributed by atoms with E-state index in [-0.39, 0.29) is 17.3 Å². The van der Waals surface area contributed by atoms with Crippen LogP contribution < -0.4 is 10.9 Å². The number of pyridine rings is 1. The summed E-state index contributed by atoms with van der Waals surface area (Å²) < 4.78 is 1.71. The number of carbonyl (C=O) groups excluding carboxylic acids is 1. The van der Waals surface area contributed by atoms with Crippen molar-refractivity contribution in [3.8, 4) is 0 Å². The topological polar surface area (TPSA) is 87.3 Å². The largest absolute Gasteiger partial charge is 0.307 e. The van der Waals surface area contributed by atoms with E-state index in [2.05, 4.69) is 35.6 Å². The molecule has 0 atom stereocenters. The van der Waals surface area contributed by atoms with Gasteiger partial charge in [-0.2, -0.15) is 0 Å². The number of amides is 1. The minimum absolute atomic E-state index is 0.0460. The summed E-state index contributed by atoms with van der Waals surface area (Å²) in [6.07, 6.45) is 0. The first kappa shape index (κ1) is 24.7. The van der Waals surface area contributed by atoms with Crippen LogP contribution in [0.15, 0.2) is 89.7 Å². The van der Waals surface area contributed by atoms with Crippen molar-refractivity contribution in [2.45, 2.75) is 0 Å². The third-order valence-electron chi connectivity index (χ3n) is 9.91. The van der Waals surface area contributed by atoms with E-state index in [1.165, 1.54) is 0 Å². The van der Waals surface area contributed by atoms with Gasteiger partial charge in [0.05, 0.1) is 16.4 Å². The van der Waals surface area contributed by atoms with Gasteiger partial charge in [-0.05, 0) is 80.8 Å². The Balaban J connectivity index is 1.36. The van der Waals surface area contributed by atoms with Gasteiger partial charge in [0.15, 0.2) is 0 Å². The fraction of sp³-hybridized carbons (Fsp3) is 0. The van der Waals surface area contributed by atoms with Gasteiger partial charge >= 0.3 is 0 Å². The van der Waals surface area contributed by atoms with Crippen LogP contribution in [-0.2, 0) is 0 Å². The van der Waals surface area contributed by atoms with Crippen LogP contribution in [0.4, 0.5) is 0 Å². The molecule has 6 nitrogen and oxygen atoms in total. The number of hydrogen-bond acceptors (Lipinski definition) is 4. The molecule has 0 saturated carbocycles. The molecule has 3 heterocycles. The lowest BCUT2D eigenvalue weighted by Gasteiger charge is -2.24. The van der Waals surface area contributed by atoms with Gasteiger partial charge in [0, 0.05) is 58.9 Å². The average Bonchev–Trinajstić information content (AvgIpc) is 3.42. The zero-order valence-corrected chi connectivity index (χ0v) is 25.1. The van der Waals surface area contributed by atoms with Crippen LogP contribution in [0.25, 0.3) is 92.1 Å². The minimum Gasteiger partial charge on any atom is -0.307 e. The van der Waals surface area contributed by atoms with Gasteiger partial charge in [0.2, 0.25) is 0 Å². The molecule has 8 aromatic carbocycles. The summed E-state index contributed by atoms with van der Waals surface area (Å²) in [6.45, 7) is 0. The lowest BCUT2D eigenvalue weighted by molar-refractivity contribution is 0.0977. The number of nitrogens with zero attached hydrogens (tertiary/aromatic N) is 2. The van der Waals surface area contributed by atoms with Gasteiger partial charge in [0.1, 0.15) is 11.5 Å². The van der Waals surface area contributed by atoms with Gasteiger partial charge in [-0.1, -0.05) is 59.6 Å². The van der Waals surface area contributed by atoms with Crippen LogP contribution in [0.5, 0.6) is 0 Å². The van der Waals surface area contributed by atoms with Crippen LogP contribution in [0.1, 0.15) is 15.9 Å². The molecule has 0 unspecified atom stereocenters. The van der Waals surface area contributed by atoms with Crippen molar-refractivity contribution >= 4 is 127 Å². The third kappa shape index (κ3) is 2.77. The van der Waals surface area contributed by atoms with E-state index < -0.39 is 0 Å². The van der Waals surface area contributed by atoms with E-state index in [4.69, 9.17) is 33.6 Å². The predicted octanol–water partition coefficient (Wildman–Crippen LogP) is 9.17. The number of fused-ring (bicyclic) bond motifs is 8. The highest BCUT2D eigenvalue weighted by Crippen LogP contribution is 2.49. The zero-order valence-electron chi connectivity index (χ0n) is 23.5. The average molecular weight is 631 g/mol. The monoisotopic (exact) mass is 630 g/mol. The fourth-order valence-electron chi connectivity index (χ4n) is 8.02. The molecule has 1 aliphatic rings. The molecule has 2 aromatic heterocycles. The molecule has 0 fully saturated rings. The van der Waals surface area contributed by atoms with E-state index in [1.807, 2.05) is 42.5 Å². The summed E-state index contributed by atoms with van der Waals surface area (Å²) in [5.74, 6) is -0.319.